The maximum absolute atomic E-state index is 13.2. The Morgan fingerprint density at radius 1 is 0.879 bits per heavy atom. The van der Waals surface area contributed by atoms with Crippen LogP contribution in [0.4, 0.5) is 0 Å². The van der Waals surface area contributed by atoms with E-state index in [1.54, 1.807) is 46.2 Å². The van der Waals surface area contributed by atoms with Crippen LogP contribution in [0.15, 0.2) is 54.6 Å². The SMILES string of the molecule is O=C(O[C@H](C(=O)N1CCOCC1)c1ccccc1)C1CCN(C(=O)c2ccc(Cl)cc2)CC1. The molecule has 2 aliphatic heterocycles. The van der Waals surface area contributed by atoms with E-state index in [4.69, 9.17) is 21.1 Å². The number of carbonyl (C=O) groups excluding carboxylic acids is 3. The van der Waals surface area contributed by atoms with Gasteiger partial charge in [-0.1, -0.05) is 41.9 Å². The number of hydrogen-bond acceptors (Lipinski definition) is 5. The van der Waals surface area contributed by atoms with E-state index in [9.17, 15) is 14.4 Å². The standard InChI is InChI=1S/C25H27ClN2O5/c26-21-8-6-19(7-9-21)23(29)27-12-10-20(11-13-27)25(31)33-22(18-4-2-1-3-5-18)24(30)28-14-16-32-17-15-28/h1-9,20,22H,10-17H2/t22-/m0/s1. The molecular weight excluding hydrogens is 444 g/mol. The number of morpholine rings is 1. The minimum absolute atomic E-state index is 0.0804. The van der Waals surface area contributed by atoms with E-state index < -0.39 is 12.1 Å². The van der Waals surface area contributed by atoms with E-state index in [-0.39, 0.29) is 17.7 Å². The van der Waals surface area contributed by atoms with Crippen molar-refractivity contribution in [1.29, 1.82) is 0 Å². The number of benzene rings is 2. The van der Waals surface area contributed by atoms with Gasteiger partial charge in [-0.3, -0.25) is 14.4 Å². The summed E-state index contributed by atoms with van der Waals surface area (Å²) >= 11 is 5.90. The Bertz CT molecular complexity index is 968. The van der Waals surface area contributed by atoms with Crippen molar-refractivity contribution in [1.82, 2.24) is 9.80 Å². The second kappa shape index (κ2) is 10.8. The van der Waals surface area contributed by atoms with Crippen molar-refractivity contribution in [2.75, 3.05) is 39.4 Å². The molecule has 2 saturated heterocycles. The molecule has 2 fully saturated rings. The van der Waals surface area contributed by atoms with Crippen molar-refractivity contribution < 1.29 is 23.9 Å². The minimum Gasteiger partial charge on any atom is -0.447 e. The monoisotopic (exact) mass is 470 g/mol. The Balaban J connectivity index is 1.38. The van der Waals surface area contributed by atoms with Crippen molar-refractivity contribution in [3.05, 3.63) is 70.7 Å². The predicted molar refractivity (Wildman–Crippen MR) is 123 cm³/mol. The summed E-state index contributed by atoms with van der Waals surface area (Å²) in [6.45, 7) is 2.81. The van der Waals surface area contributed by atoms with Crippen LogP contribution in [-0.4, -0.2) is 67.0 Å². The first-order chi connectivity index (χ1) is 16.0. The summed E-state index contributed by atoms with van der Waals surface area (Å²) in [4.78, 5) is 42.3. The summed E-state index contributed by atoms with van der Waals surface area (Å²) in [6, 6.07) is 15.9. The number of halogens is 1. The summed E-state index contributed by atoms with van der Waals surface area (Å²) in [5.74, 6) is -1.07. The predicted octanol–water partition coefficient (Wildman–Crippen LogP) is 3.34. The molecule has 0 N–H and O–H groups in total. The molecule has 7 nitrogen and oxygen atoms in total. The zero-order valence-electron chi connectivity index (χ0n) is 18.3. The Kier molecular flexibility index (Phi) is 7.62. The molecule has 1 atom stereocenters. The summed E-state index contributed by atoms with van der Waals surface area (Å²) in [5.41, 5.74) is 1.22. The highest BCUT2D eigenvalue weighted by atomic mass is 35.5. The van der Waals surface area contributed by atoms with Crippen molar-refractivity contribution in [3.8, 4) is 0 Å². The van der Waals surface area contributed by atoms with Gasteiger partial charge in [0.2, 0.25) is 6.10 Å². The highest BCUT2D eigenvalue weighted by Gasteiger charge is 2.34. The fourth-order valence-electron chi connectivity index (χ4n) is 4.14. The van der Waals surface area contributed by atoms with Gasteiger partial charge in [-0.2, -0.15) is 0 Å². The number of ether oxygens (including phenoxy) is 2. The number of carbonyl (C=O) groups is 3. The Labute approximate surface area is 198 Å². The topological polar surface area (TPSA) is 76.2 Å². The van der Waals surface area contributed by atoms with Crippen LogP contribution in [0.25, 0.3) is 0 Å². The van der Waals surface area contributed by atoms with Gasteiger partial charge in [0, 0.05) is 42.3 Å². The van der Waals surface area contributed by atoms with Crippen molar-refractivity contribution in [3.63, 3.8) is 0 Å². The van der Waals surface area contributed by atoms with Gasteiger partial charge in [-0.05, 0) is 37.1 Å². The first-order valence-electron chi connectivity index (χ1n) is 11.2. The first kappa shape index (κ1) is 23.3. The molecule has 2 amide bonds. The van der Waals surface area contributed by atoms with Crippen LogP contribution >= 0.6 is 11.6 Å². The number of likely N-dealkylation sites (tertiary alicyclic amines) is 1. The van der Waals surface area contributed by atoms with E-state index in [0.29, 0.717) is 68.4 Å². The lowest BCUT2D eigenvalue weighted by atomic mass is 9.96. The van der Waals surface area contributed by atoms with Crippen molar-refractivity contribution in [2.45, 2.75) is 18.9 Å². The zero-order chi connectivity index (χ0) is 23.2. The number of nitrogens with zero attached hydrogens (tertiary/aromatic N) is 2. The molecule has 174 valence electrons. The third kappa shape index (κ3) is 5.72. The lowest BCUT2D eigenvalue weighted by Gasteiger charge is -2.33. The number of hydrogen-bond donors (Lipinski definition) is 0. The molecule has 33 heavy (non-hydrogen) atoms. The average Bonchev–Trinajstić information content (AvgIpc) is 2.88. The summed E-state index contributed by atoms with van der Waals surface area (Å²) in [7, 11) is 0. The number of esters is 1. The van der Waals surface area contributed by atoms with Crippen LogP contribution in [-0.2, 0) is 19.1 Å². The van der Waals surface area contributed by atoms with Crippen LogP contribution in [0.1, 0.15) is 34.9 Å². The molecule has 4 rings (SSSR count). The molecule has 2 heterocycles. The molecule has 0 saturated carbocycles. The first-order valence-corrected chi connectivity index (χ1v) is 11.6. The molecule has 0 aliphatic carbocycles. The molecule has 0 radical (unpaired) electrons. The zero-order valence-corrected chi connectivity index (χ0v) is 19.1. The van der Waals surface area contributed by atoms with Crippen LogP contribution in [0.2, 0.25) is 5.02 Å². The lowest BCUT2D eigenvalue weighted by molar-refractivity contribution is -0.167. The summed E-state index contributed by atoms with van der Waals surface area (Å²) in [6.07, 6.45) is 0.00198. The maximum Gasteiger partial charge on any atom is 0.310 e. The molecule has 0 spiro atoms. The van der Waals surface area contributed by atoms with Gasteiger partial charge >= 0.3 is 5.97 Å². The number of rotatable bonds is 5. The molecule has 0 aromatic heterocycles. The Hall–Kier alpha value is -2.90. The number of piperidine rings is 1. The molecule has 0 bridgehead atoms. The van der Waals surface area contributed by atoms with Gasteiger partial charge < -0.3 is 19.3 Å². The second-order valence-electron chi connectivity index (χ2n) is 8.24. The van der Waals surface area contributed by atoms with Gasteiger partial charge in [-0.25, -0.2) is 0 Å². The van der Waals surface area contributed by atoms with Gasteiger partial charge in [0.1, 0.15) is 0 Å². The maximum atomic E-state index is 13.2. The normalized spacial score (nSPS) is 18.0. The Morgan fingerprint density at radius 2 is 1.52 bits per heavy atom. The fourth-order valence-corrected chi connectivity index (χ4v) is 4.27. The molecular formula is C25H27ClN2O5. The third-order valence-electron chi connectivity index (χ3n) is 6.09. The smallest absolute Gasteiger partial charge is 0.310 e. The van der Waals surface area contributed by atoms with Crippen molar-refractivity contribution in [2.24, 2.45) is 5.92 Å². The van der Waals surface area contributed by atoms with Gasteiger partial charge in [-0.15, -0.1) is 0 Å². The van der Waals surface area contributed by atoms with E-state index >= 15 is 0 Å². The molecule has 2 aromatic rings. The van der Waals surface area contributed by atoms with E-state index in [1.165, 1.54) is 0 Å². The lowest BCUT2D eigenvalue weighted by Crippen LogP contribution is -2.45. The summed E-state index contributed by atoms with van der Waals surface area (Å²) in [5, 5.41) is 0.576. The molecule has 2 aliphatic rings. The largest absolute Gasteiger partial charge is 0.447 e. The van der Waals surface area contributed by atoms with E-state index in [0.717, 1.165) is 0 Å². The average molecular weight is 471 g/mol. The quantitative estimate of drug-likeness (QED) is 0.626. The second-order valence-corrected chi connectivity index (χ2v) is 8.68. The molecule has 8 heteroatoms. The highest BCUT2D eigenvalue weighted by Crippen LogP contribution is 2.26. The van der Waals surface area contributed by atoms with Crippen LogP contribution in [0.3, 0.4) is 0 Å². The van der Waals surface area contributed by atoms with E-state index in [2.05, 4.69) is 0 Å². The number of amides is 2. The van der Waals surface area contributed by atoms with Gasteiger partial charge in [0.25, 0.3) is 11.8 Å². The van der Waals surface area contributed by atoms with Gasteiger partial charge in [0.05, 0.1) is 19.1 Å². The van der Waals surface area contributed by atoms with Crippen LogP contribution in [0, 0.1) is 5.92 Å². The Morgan fingerprint density at radius 3 is 2.15 bits per heavy atom. The fraction of sp³-hybridized carbons (Fsp3) is 0.400. The third-order valence-corrected chi connectivity index (χ3v) is 6.34. The van der Waals surface area contributed by atoms with Gasteiger partial charge in [0.15, 0.2) is 0 Å². The molecule has 2 aromatic carbocycles. The highest BCUT2D eigenvalue weighted by molar-refractivity contribution is 6.30. The minimum atomic E-state index is -0.981. The van der Waals surface area contributed by atoms with Crippen LogP contribution < -0.4 is 0 Å². The van der Waals surface area contributed by atoms with E-state index in [1.807, 2.05) is 18.2 Å². The molecule has 0 unspecified atom stereocenters. The summed E-state index contributed by atoms with van der Waals surface area (Å²) < 4.78 is 11.1. The van der Waals surface area contributed by atoms with Crippen LogP contribution in [0.5, 0.6) is 0 Å². The van der Waals surface area contributed by atoms with Crippen molar-refractivity contribution >= 4 is 29.4 Å².